The molecule has 0 unspecified atom stereocenters. The normalized spacial score (nSPS) is 16.4. The van der Waals surface area contributed by atoms with Crippen LogP contribution in [-0.4, -0.2) is 67.1 Å². The van der Waals surface area contributed by atoms with E-state index in [0.717, 1.165) is 12.8 Å². The van der Waals surface area contributed by atoms with Gasteiger partial charge in [-0.2, -0.15) is 4.72 Å². The van der Waals surface area contributed by atoms with Crippen LogP contribution in [0.2, 0.25) is 0 Å². The van der Waals surface area contributed by atoms with Crippen LogP contribution in [0, 0.1) is 5.82 Å². The lowest BCUT2D eigenvalue weighted by atomic mass is 10.0. The number of aromatic nitrogens is 2. The van der Waals surface area contributed by atoms with Crippen LogP contribution < -0.4 is 20.3 Å². The van der Waals surface area contributed by atoms with Crippen LogP contribution in [-0.2, 0) is 14.8 Å². The first-order valence-corrected chi connectivity index (χ1v) is 13.4. The summed E-state index contributed by atoms with van der Waals surface area (Å²) in [7, 11) is -4.14. The van der Waals surface area contributed by atoms with Crippen LogP contribution in [0.1, 0.15) is 23.2 Å². The van der Waals surface area contributed by atoms with Crippen molar-refractivity contribution in [2.45, 2.75) is 29.8 Å². The number of hydrogen-bond acceptors (Lipinski definition) is 8. The molecule has 0 spiro atoms. The molecule has 1 fully saturated rings. The Labute approximate surface area is 219 Å². The van der Waals surface area contributed by atoms with E-state index in [9.17, 15) is 27.5 Å². The first-order valence-electron chi connectivity index (χ1n) is 11.9. The van der Waals surface area contributed by atoms with E-state index in [1.54, 1.807) is 30.6 Å². The minimum absolute atomic E-state index is 0.0600. The highest BCUT2D eigenvalue weighted by Gasteiger charge is 2.27. The van der Waals surface area contributed by atoms with Gasteiger partial charge in [0.15, 0.2) is 0 Å². The Morgan fingerprint density at radius 1 is 1.11 bits per heavy atom. The van der Waals surface area contributed by atoms with Gasteiger partial charge >= 0.3 is 5.97 Å². The van der Waals surface area contributed by atoms with Gasteiger partial charge in [-0.25, -0.2) is 22.8 Å². The SMILES string of the molecule is O=C(NC[C@H](NS(=O)(=O)c1ccccc1)C(=O)O)c1ccc(N2CCC[C@H](Nc3ncccn3)C2)cc1F. The van der Waals surface area contributed by atoms with Gasteiger partial charge in [-0.05, 0) is 49.2 Å². The summed E-state index contributed by atoms with van der Waals surface area (Å²) in [5.41, 5.74) is 0.312. The van der Waals surface area contributed by atoms with Crippen LogP contribution in [0.4, 0.5) is 16.0 Å². The lowest BCUT2D eigenvalue weighted by Crippen LogP contribution is -2.48. The fourth-order valence-corrected chi connectivity index (χ4v) is 5.31. The average molecular weight is 543 g/mol. The number of benzene rings is 2. The number of carboxylic acid groups (broad SMARTS) is 1. The maximum atomic E-state index is 14.9. The molecule has 1 aromatic heterocycles. The molecule has 2 aromatic carbocycles. The second-order valence-electron chi connectivity index (χ2n) is 8.70. The largest absolute Gasteiger partial charge is 0.480 e. The molecule has 1 aliphatic rings. The number of carboxylic acids is 1. The zero-order chi connectivity index (χ0) is 27.1. The van der Waals surface area contributed by atoms with Crippen LogP contribution >= 0.6 is 0 Å². The van der Waals surface area contributed by atoms with E-state index in [0.29, 0.717) is 24.7 Å². The number of nitrogens with zero attached hydrogens (tertiary/aromatic N) is 3. The van der Waals surface area contributed by atoms with Gasteiger partial charge in [-0.15, -0.1) is 0 Å². The third-order valence-corrected chi connectivity index (χ3v) is 7.49. The summed E-state index contributed by atoms with van der Waals surface area (Å²) in [5, 5.41) is 15.0. The Balaban J connectivity index is 1.37. The molecule has 0 radical (unpaired) electrons. The Bertz CT molecular complexity index is 1380. The summed E-state index contributed by atoms with van der Waals surface area (Å²) in [6.45, 7) is 0.716. The standard InChI is InChI=1S/C25H27FN6O5S/c26-21-14-18(32-13-4-6-17(16-32)30-25-27-11-5-12-28-25)9-10-20(21)23(33)29-15-22(24(34)35)31-38(36,37)19-7-2-1-3-8-19/h1-3,5,7-12,14,17,22,31H,4,6,13,15-16H2,(H,29,33)(H,34,35)(H,27,28,30)/t17-,22-/m0/s1. The Hall–Kier alpha value is -4.10. The molecule has 1 saturated heterocycles. The van der Waals surface area contributed by atoms with Gasteiger partial charge in [0.05, 0.1) is 10.5 Å². The van der Waals surface area contributed by atoms with Crippen molar-refractivity contribution in [1.82, 2.24) is 20.0 Å². The van der Waals surface area contributed by atoms with Gasteiger partial charge in [-0.1, -0.05) is 18.2 Å². The summed E-state index contributed by atoms with van der Waals surface area (Å²) in [4.78, 5) is 34.4. The highest BCUT2D eigenvalue weighted by Crippen LogP contribution is 2.24. The number of rotatable bonds is 10. The van der Waals surface area contributed by atoms with Gasteiger partial charge in [-0.3, -0.25) is 9.59 Å². The number of aliphatic carboxylic acids is 1. The molecule has 3 aromatic rings. The fourth-order valence-electron chi connectivity index (χ4n) is 4.09. The second-order valence-corrected chi connectivity index (χ2v) is 10.4. The van der Waals surface area contributed by atoms with Gasteiger partial charge < -0.3 is 20.6 Å². The second kappa shape index (κ2) is 12.0. The number of anilines is 2. The van der Waals surface area contributed by atoms with Crippen molar-refractivity contribution in [2.24, 2.45) is 0 Å². The smallest absolute Gasteiger partial charge is 0.323 e. The van der Waals surface area contributed by atoms with Crippen LogP contribution in [0.5, 0.6) is 0 Å². The molecule has 11 nitrogen and oxygen atoms in total. The van der Waals surface area contributed by atoms with Crippen molar-refractivity contribution in [2.75, 3.05) is 29.9 Å². The molecule has 2 atom stereocenters. The minimum Gasteiger partial charge on any atom is -0.480 e. The van der Waals surface area contributed by atoms with E-state index in [-0.39, 0.29) is 16.5 Å². The zero-order valence-corrected chi connectivity index (χ0v) is 21.1. The predicted molar refractivity (Wildman–Crippen MR) is 138 cm³/mol. The summed E-state index contributed by atoms with van der Waals surface area (Å²) in [6.07, 6.45) is 5.05. The van der Waals surface area contributed by atoms with Gasteiger partial charge in [0.2, 0.25) is 16.0 Å². The van der Waals surface area contributed by atoms with Crippen molar-refractivity contribution < 1.29 is 27.5 Å². The summed E-state index contributed by atoms with van der Waals surface area (Å²) in [6, 6.07) is 11.6. The van der Waals surface area contributed by atoms with Crippen molar-refractivity contribution in [3.63, 3.8) is 0 Å². The molecule has 0 bridgehead atoms. The molecule has 1 amide bonds. The number of piperidine rings is 1. The van der Waals surface area contributed by atoms with Crippen LogP contribution in [0.25, 0.3) is 0 Å². The van der Waals surface area contributed by atoms with E-state index < -0.39 is 40.3 Å². The van der Waals surface area contributed by atoms with E-state index in [4.69, 9.17) is 0 Å². The van der Waals surface area contributed by atoms with Crippen molar-refractivity contribution in [3.05, 3.63) is 78.4 Å². The fraction of sp³-hybridized carbons (Fsp3) is 0.280. The number of amides is 1. The minimum atomic E-state index is -4.14. The number of nitrogens with one attached hydrogen (secondary N) is 3. The lowest BCUT2D eigenvalue weighted by molar-refractivity contribution is -0.138. The molecule has 4 N–H and O–H groups in total. The molecular formula is C25H27FN6O5S. The quantitative estimate of drug-likeness (QED) is 0.301. The topological polar surface area (TPSA) is 154 Å². The molecule has 4 rings (SSSR count). The Kier molecular flexibility index (Phi) is 8.48. The maximum absolute atomic E-state index is 14.9. The van der Waals surface area contributed by atoms with Crippen LogP contribution in [0.15, 0.2) is 71.9 Å². The first kappa shape index (κ1) is 26.9. The number of hydrogen-bond donors (Lipinski definition) is 4. The van der Waals surface area contributed by atoms with E-state index in [1.807, 2.05) is 9.62 Å². The van der Waals surface area contributed by atoms with Gasteiger partial charge in [0.1, 0.15) is 11.9 Å². The molecule has 1 aliphatic heterocycles. The Morgan fingerprint density at radius 3 is 2.53 bits per heavy atom. The number of carbonyl (C=O) groups excluding carboxylic acids is 1. The predicted octanol–water partition coefficient (Wildman–Crippen LogP) is 1.86. The highest BCUT2D eigenvalue weighted by molar-refractivity contribution is 7.89. The van der Waals surface area contributed by atoms with Gasteiger partial charge in [0.25, 0.3) is 5.91 Å². The molecule has 0 aliphatic carbocycles. The van der Waals surface area contributed by atoms with Crippen molar-refractivity contribution in [3.8, 4) is 0 Å². The summed E-state index contributed by atoms with van der Waals surface area (Å²) < 4.78 is 41.9. The Morgan fingerprint density at radius 2 is 1.84 bits per heavy atom. The van der Waals surface area contributed by atoms with Crippen LogP contribution in [0.3, 0.4) is 0 Å². The summed E-state index contributed by atoms with van der Waals surface area (Å²) >= 11 is 0. The monoisotopic (exact) mass is 542 g/mol. The third kappa shape index (κ3) is 6.81. The van der Waals surface area contributed by atoms with E-state index in [1.165, 1.54) is 36.4 Å². The highest BCUT2D eigenvalue weighted by atomic mass is 32.2. The van der Waals surface area contributed by atoms with Crippen molar-refractivity contribution >= 4 is 33.5 Å². The molecule has 200 valence electrons. The molecule has 2 heterocycles. The van der Waals surface area contributed by atoms with Gasteiger partial charge in [0, 0.05) is 43.8 Å². The third-order valence-electron chi connectivity index (χ3n) is 6.00. The number of carbonyl (C=O) groups is 2. The van der Waals surface area contributed by atoms with E-state index in [2.05, 4.69) is 20.6 Å². The first-order chi connectivity index (χ1) is 18.2. The molecular weight excluding hydrogens is 515 g/mol. The summed E-state index contributed by atoms with van der Waals surface area (Å²) in [5.74, 6) is -2.62. The maximum Gasteiger partial charge on any atom is 0.323 e. The molecule has 38 heavy (non-hydrogen) atoms. The lowest BCUT2D eigenvalue weighted by Gasteiger charge is -2.34. The van der Waals surface area contributed by atoms with Crippen molar-refractivity contribution in [1.29, 1.82) is 0 Å². The zero-order valence-electron chi connectivity index (χ0n) is 20.2. The molecule has 13 heteroatoms. The number of halogens is 1. The average Bonchev–Trinajstić information content (AvgIpc) is 2.92. The van der Waals surface area contributed by atoms with E-state index >= 15 is 0 Å². The number of sulfonamides is 1. The molecule has 0 saturated carbocycles.